The molecule has 0 radical (unpaired) electrons. The van der Waals surface area contributed by atoms with Crippen molar-refractivity contribution >= 4 is 27.5 Å². The molecule has 0 saturated heterocycles. The molecular weight excluding hydrogens is 627 g/mol. The van der Waals surface area contributed by atoms with Crippen molar-refractivity contribution in [3.63, 3.8) is 0 Å². The van der Waals surface area contributed by atoms with E-state index in [-0.39, 0.29) is 23.5 Å². The fourth-order valence-corrected chi connectivity index (χ4v) is 6.54. The highest BCUT2D eigenvalue weighted by molar-refractivity contribution is 7.92. The molecule has 4 aromatic rings. The Bertz CT molecular complexity index is 1750. The molecule has 0 aliphatic heterocycles. The van der Waals surface area contributed by atoms with Gasteiger partial charge < -0.3 is 10.2 Å². The Kier molecular flexibility index (Phi) is 11.8. The van der Waals surface area contributed by atoms with Gasteiger partial charge in [0.05, 0.1) is 16.1 Å². The molecule has 11 heteroatoms. The van der Waals surface area contributed by atoms with Gasteiger partial charge in [-0.2, -0.15) is 13.2 Å². The van der Waals surface area contributed by atoms with E-state index in [1.54, 1.807) is 12.1 Å². The lowest BCUT2D eigenvalue weighted by Gasteiger charge is -2.34. The molecule has 0 bridgehead atoms. The number of halogens is 3. The first kappa shape index (κ1) is 35.2. The standard InChI is InChI=1S/C36H38F3N3O4S/c1-3-4-22-40-35(44)33(23-28-15-7-5-8-16-28)41(25-29-17-12-11-14-27(29)2)34(43)26-42(47(45,46)32-20-9-6-10-21-32)31-19-13-18-30(24-31)36(37,38)39/h5-21,24,33H,3-4,22-23,25-26H2,1-2H3,(H,40,44)/t33-/m1/s1. The summed E-state index contributed by atoms with van der Waals surface area (Å²) < 4.78 is 70.0. The van der Waals surface area contributed by atoms with E-state index in [2.05, 4.69) is 5.32 Å². The molecule has 47 heavy (non-hydrogen) atoms. The Morgan fingerprint density at radius 3 is 2.13 bits per heavy atom. The second kappa shape index (κ2) is 15.8. The average Bonchev–Trinajstić information content (AvgIpc) is 3.06. The molecule has 1 N–H and O–H groups in total. The summed E-state index contributed by atoms with van der Waals surface area (Å²) >= 11 is 0. The molecule has 4 aromatic carbocycles. The third-order valence-electron chi connectivity index (χ3n) is 7.77. The van der Waals surface area contributed by atoms with E-state index in [1.165, 1.54) is 35.2 Å². The second-order valence-electron chi connectivity index (χ2n) is 11.2. The highest BCUT2D eigenvalue weighted by Crippen LogP contribution is 2.33. The van der Waals surface area contributed by atoms with Crippen LogP contribution in [0.25, 0.3) is 0 Å². The molecule has 0 spiro atoms. The number of benzene rings is 4. The number of amides is 2. The number of sulfonamides is 1. The number of carbonyl (C=O) groups is 2. The van der Waals surface area contributed by atoms with Crippen LogP contribution in [0.2, 0.25) is 0 Å². The molecule has 0 aromatic heterocycles. The molecule has 0 aliphatic carbocycles. The van der Waals surface area contributed by atoms with Gasteiger partial charge in [-0.25, -0.2) is 8.42 Å². The quantitative estimate of drug-likeness (QED) is 0.151. The van der Waals surface area contributed by atoms with Crippen molar-refractivity contribution in [2.75, 3.05) is 17.4 Å². The number of unbranched alkanes of at least 4 members (excludes halogenated alkanes) is 1. The van der Waals surface area contributed by atoms with Crippen LogP contribution >= 0.6 is 0 Å². The highest BCUT2D eigenvalue weighted by Gasteiger charge is 2.36. The van der Waals surface area contributed by atoms with Crippen LogP contribution in [-0.2, 0) is 38.8 Å². The number of anilines is 1. The Balaban J connectivity index is 1.83. The number of nitrogens with zero attached hydrogens (tertiary/aromatic N) is 2. The van der Waals surface area contributed by atoms with Gasteiger partial charge in [-0.3, -0.25) is 13.9 Å². The fraction of sp³-hybridized carbons (Fsp3) is 0.278. The largest absolute Gasteiger partial charge is 0.416 e. The van der Waals surface area contributed by atoms with Crippen LogP contribution in [0.15, 0.2) is 114 Å². The molecule has 0 unspecified atom stereocenters. The van der Waals surface area contributed by atoms with E-state index in [9.17, 15) is 31.2 Å². The summed E-state index contributed by atoms with van der Waals surface area (Å²) in [6, 6.07) is 26.4. The predicted octanol–water partition coefficient (Wildman–Crippen LogP) is 6.77. The predicted molar refractivity (Wildman–Crippen MR) is 176 cm³/mol. The van der Waals surface area contributed by atoms with Crippen LogP contribution < -0.4 is 9.62 Å². The second-order valence-corrected chi connectivity index (χ2v) is 13.0. The number of carbonyl (C=O) groups excluding carboxylic acids is 2. The Morgan fingerprint density at radius 1 is 0.851 bits per heavy atom. The monoisotopic (exact) mass is 665 g/mol. The molecule has 0 saturated carbocycles. The zero-order valence-corrected chi connectivity index (χ0v) is 27.1. The third-order valence-corrected chi connectivity index (χ3v) is 9.56. The van der Waals surface area contributed by atoms with Crippen LogP contribution in [-0.4, -0.2) is 44.3 Å². The average molecular weight is 666 g/mol. The number of alkyl halides is 3. The topological polar surface area (TPSA) is 86.8 Å². The summed E-state index contributed by atoms with van der Waals surface area (Å²) in [7, 11) is -4.53. The van der Waals surface area contributed by atoms with Crippen molar-refractivity contribution in [2.24, 2.45) is 0 Å². The maximum Gasteiger partial charge on any atom is 0.416 e. The normalized spacial score (nSPS) is 12.3. The molecule has 1 atom stereocenters. The molecule has 4 rings (SSSR count). The van der Waals surface area contributed by atoms with Gasteiger partial charge in [0.25, 0.3) is 10.0 Å². The minimum atomic E-state index is -4.75. The Hall–Kier alpha value is -4.64. The van der Waals surface area contributed by atoms with Crippen LogP contribution in [0.3, 0.4) is 0 Å². The Morgan fingerprint density at radius 2 is 1.49 bits per heavy atom. The van der Waals surface area contributed by atoms with Gasteiger partial charge in [0.1, 0.15) is 12.6 Å². The van der Waals surface area contributed by atoms with Crippen molar-refractivity contribution in [3.05, 3.63) is 131 Å². The smallest absolute Gasteiger partial charge is 0.354 e. The van der Waals surface area contributed by atoms with Crippen LogP contribution in [0.4, 0.5) is 18.9 Å². The van der Waals surface area contributed by atoms with Gasteiger partial charge in [0.2, 0.25) is 11.8 Å². The lowest BCUT2D eigenvalue weighted by molar-refractivity contribution is -0.140. The van der Waals surface area contributed by atoms with Crippen LogP contribution in [0.5, 0.6) is 0 Å². The first-order valence-corrected chi connectivity index (χ1v) is 16.8. The maximum absolute atomic E-state index is 14.5. The highest BCUT2D eigenvalue weighted by atomic mass is 32.2. The molecule has 248 valence electrons. The lowest BCUT2D eigenvalue weighted by Crippen LogP contribution is -2.53. The van der Waals surface area contributed by atoms with Gasteiger partial charge in [-0.15, -0.1) is 0 Å². The molecule has 7 nitrogen and oxygen atoms in total. The summed E-state index contributed by atoms with van der Waals surface area (Å²) in [4.78, 5) is 29.4. The minimum absolute atomic E-state index is 0.0357. The van der Waals surface area contributed by atoms with Crippen LogP contribution in [0.1, 0.15) is 42.0 Å². The van der Waals surface area contributed by atoms with Crippen molar-refractivity contribution in [3.8, 4) is 0 Å². The number of hydrogen-bond donors (Lipinski definition) is 1. The van der Waals surface area contributed by atoms with Gasteiger partial charge in [-0.05, 0) is 60.4 Å². The fourth-order valence-electron chi connectivity index (χ4n) is 5.12. The maximum atomic E-state index is 14.5. The van der Waals surface area contributed by atoms with E-state index in [1.807, 2.05) is 62.4 Å². The zero-order valence-electron chi connectivity index (χ0n) is 26.3. The molecule has 0 heterocycles. The van der Waals surface area contributed by atoms with Gasteiger partial charge in [0.15, 0.2) is 0 Å². The number of nitrogens with one attached hydrogen (secondary N) is 1. The molecule has 0 fully saturated rings. The summed E-state index contributed by atoms with van der Waals surface area (Å²) in [5.74, 6) is -1.17. The zero-order chi connectivity index (χ0) is 34.0. The van der Waals surface area contributed by atoms with E-state index in [0.717, 1.165) is 35.2 Å². The van der Waals surface area contributed by atoms with Crippen molar-refractivity contribution in [1.82, 2.24) is 10.2 Å². The summed E-state index contributed by atoms with van der Waals surface area (Å²) in [5, 5.41) is 2.92. The third kappa shape index (κ3) is 9.22. The van der Waals surface area contributed by atoms with E-state index in [0.29, 0.717) is 23.3 Å². The summed E-state index contributed by atoms with van der Waals surface area (Å²) in [6.07, 6.45) is -3.07. The molecule has 2 amide bonds. The van der Waals surface area contributed by atoms with Gasteiger partial charge in [-0.1, -0.05) is 92.2 Å². The van der Waals surface area contributed by atoms with E-state index in [4.69, 9.17) is 0 Å². The minimum Gasteiger partial charge on any atom is -0.354 e. The number of hydrogen-bond acceptors (Lipinski definition) is 4. The van der Waals surface area contributed by atoms with Gasteiger partial charge in [0, 0.05) is 19.5 Å². The summed E-state index contributed by atoms with van der Waals surface area (Å²) in [6.45, 7) is 3.34. The number of rotatable bonds is 14. The Labute approximate surface area is 274 Å². The number of aryl methyl sites for hydroxylation is 1. The van der Waals surface area contributed by atoms with Crippen molar-refractivity contribution in [1.29, 1.82) is 0 Å². The summed E-state index contributed by atoms with van der Waals surface area (Å²) in [5.41, 5.74) is 0.959. The molecule has 0 aliphatic rings. The SMILES string of the molecule is CCCCNC(=O)[C@@H](Cc1ccccc1)N(Cc1ccccc1C)C(=O)CN(c1cccc(C(F)(F)F)c1)S(=O)(=O)c1ccccc1. The van der Waals surface area contributed by atoms with Crippen LogP contribution in [0, 0.1) is 6.92 Å². The first-order chi connectivity index (χ1) is 22.4. The van der Waals surface area contributed by atoms with E-state index >= 15 is 0 Å². The first-order valence-electron chi connectivity index (χ1n) is 15.3. The van der Waals surface area contributed by atoms with Gasteiger partial charge >= 0.3 is 6.18 Å². The molecular formula is C36H38F3N3O4S. The van der Waals surface area contributed by atoms with Crippen molar-refractivity contribution in [2.45, 2.75) is 56.8 Å². The lowest BCUT2D eigenvalue weighted by atomic mass is 10.0. The van der Waals surface area contributed by atoms with E-state index < -0.39 is 46.2 Å². The van der Waals surface area contributed by atoms with Crippen molar-refractivity contribution < 1.29 is 31.2 Å².